The fourth-order valence-electron chi connectivity index (χ4n) is 11.7. The fraction of sp³-hybridized carbons (Fsp3) is 0.0811. The van der Waals surface area contributed by atoms with Gasteiger partial charge in [0.2, 0.25) is 0 Å². The van der Waals surface area contributed by atoms with Crippen molar-refractivity contribution >= 4 is 38.6 Å². The van der Waals surface area contributed by atoms with Crippen LogP contribution < -0.4 is 4.90 Å². The van der Waals surface area contributed by atoms with Crippen molar-refractivity contribution in [3.63, 3.8) is 0 Å². The Kier molecular flexibility index (Phi) is 12.4. The first kappa shape index (κ1) is 47.0. The summed E-state index contributed by atoms with van der Waals surface area (Å²) in [5, 5.41) is 5.05. The van der Waals surface area contributed by atoms with E-state index in [0.717, 1.165) is 17.1 Å². The van der Waals surface area contributed by atoms with Gasteiger partial charge < -0.3 is 4.90 Å². The van der Waals surface area contributed by atoms with Crippen molar-refractivity contribution in [1.82, 2.24) is 0 Å². The molecular weight excluding hydrogens is 903 g/mol. The van der Waals surface area contributed by atoms with E-state index in [2.05, 4.69) is 306 Å². The number of benzene rings is 12. The van der Waals surface area contributed by atoms with E-state index in [0.29, 0.717) is 0 Å². The van der Waals surface area contributed by atoms with Crippen LogP contribution in [0.2, 0.25) is 0 Å². The molecule has 0 aromatic heterocycles. The number of fused-ring (bicyclic) bond motifs is 5. The van der Waals surface area contributed by atoms with Gasteiger partial charge in [-0.1, -0.05) is 244 Å². The average molecular weight is 962 g/mol. The van der Waals surface area contributed by atoms with Gasteiger partial charge in [-0.3, -0.25) is 0 Å². The van der Waals surface area contributed by atoms with Gasteiger partial charge in [0.05, 0.1) is 5.69 Å². The number of rotatable bonds is 8. The predicted octanol–water partition coefficient (Wildman–Crippen LogP) is 20.7. The molecule has 0 fully saturated rings. The molecule has 0 bridgehead atoms. The molecule has 13 rings (SSSR count). The van der Waals surface area contributed by atoms with Gasteiger partial charge in [-0.15, -0.1) is 0 Å². The van der Waals surface area contributed by atoms with Crippen molar-refractivity contribution < 1.29 is 0 Å². The van der Waals surface area contributed by atoms with Gasteiger partial charge in [0.1, 0.15) is 0 Å². The van der Waals surface area contributed by atoms with Gasteiger partial charge in [0.15, 0.2) is 0 Å². The molecule has 75 heavy (non-hydrogen) atoms. The van der Waals surface area contributed by atoms with Crippen LogP contribution >= 0.6 is 0 Å². The summed E-state index contributed by atoms with van der Waals surface area (Å²) < 4.78 is 0. The summed E-state index contributed by atoms with van der Waals surface area (Å²) in [5.41, 5.74) is 25.4. The molecular formula is C74H59N. The quantitative estimate of drug-likeness (QED) is 0.147. The van der Waals surface area contributed by atoms with Gasteiger partial charge in [0, 0.05) is 22.2 Å². The Morgan fingerprint density at radius 3 is 1.45 bits per heavy atom. The van der Waals surface area contributed by atoms with Crippen LogP contribution in [-0.4, -0.2) is 0 Å². The van der Waals surface area contributed by atoms with Crippen LogP contribution in [0.4, 0.5) is 17.1 Å². The number of aryl methyl sites for hydroxylation is 3. The summed E-state index contributed by atoms with van der Waals surface area (Å²) in [7, 11) is 0. The van der Waals surface area contributed by atoms with E-state index >= 15 is 0 Å². The van der Waals surface area contributed by atoms with Gasteiger partial charge >= 0.3 is 0 Å². The summed E-state index contributed by atoms with van der Waals surface area (Å²) in [5.74, 6) is 0. The third-order valence-corrected chi connectivity index (χ3v) is 15.6. The average Bonchev–Trinajstić information content (AvgIpc) is 3.76. The molecule has 0 amide bonds. The Morgan fingerprint density at radius 2 is 0.760 bits per heavy atom. The highest BCUT2D eigenvalue weighted by Gasteiger charge is 2.35. The molecule has 0 N–H and O–H groups in total. The zero-order chi connectivity index (χ0) is 51.0. The van der Waals surface area contributed by atoms with E-state index in [1.807, 2.05) is 0 Å². The van der Waals surface area contributed by atoms with Crippen molar-refractivity contribution in [1.29, 1.82) is 0 Å². The Morgan fingerprint density at radius 1 is 0.267 bits per heavy atom. The second-order valence-corrected chi connectivity index (χ2v) is 20.6. The van der Waals surface area contributed by atoms with Crippen LogP contribution in [0.25, 0.3) is 88.3 Å². The molecule has 1 nitrogen and oxygen atoms in total. The summed E-state index contributed by atoms with van der Waals surface area (Å²) in [6.07, 6.45) is 0. The predicted molar refractivity (Wildman–Crippen MR) is 322 cm³/mol. The highest BCUT2D eigenvalue weighted by atomic mass is 15.1. The lowest BCUT2D eigenvalue weighted by Gasteiger charge is -2.29. The summed E-state index contributed by atoms with van der Waals surface area (Å²) in [4.78, 5) is 2.45. The Balaban J connectivity index is 0.000000184. The fourth-order valence-corrected chi connectivity index (χ4v) is 11.7. The monoisotopic (exact) mass is 961 g/mol. The van der Waals surface area contributed by atoms with Gasteiger partial charge in [0.25, 0.3) is 0 Å². The molecule has 0 spiro atoms. The van der Waals surface area contributed by atoms with Gasteiger partial charge in [-0.25, -0.2) is 0 Å². The molecule has 0 heterocycles. The minimum atomic E-state index is -0.0439. The van der Waals surface area contributed by atoms with E-state index in [9.17, 15) is 0 Å². The zero-order valence-electron chi connectivity index (χ0n) is 43.4. The maximum Gasteiger partial charge on any atom is 0.0540 e. The number of anilines is 3. The maximum absolute atomic E-state index is 2.45. The molecule has 1 heteroatoms. The number of nitrogens with zero attached hydrogens (tertiary/aromatic N) is 1. The molecule has 360 valence electrons. The van der Waals surface area contributed by atoms with E-state index in [4.69, 9.17) is 0 Å². The highest BCUT2D eigenvalue weighted by Crippen LogP contribution is 2.52. The van der Waals surface area contributed by atoms with Crippen molar-refractivity contribution in [3.8, 4) is 66.8 Å². The Bertz CT molecular complexity index is 4040. The van der Waals surface area contributed by atoms with Crippen molar-refractivity contribution in [2.24, 2.45) is 0 Å². The minimum Gasteiger partial charge on any atom is -0.310 e. The summed E-state index contributed by atoms with van der Waals surface area (Å²) in [6.45, 7) is 11.3. The van der Waals surface area contributed by atoms with Crippen LogP contribution in [-0.2, 0) is 5.41 Å². The first-order chi connectivity index (χ1) is 36.7. The van der Waals surface area contributed by atoms with E-state index in [-0.39, 0.29) is 5.41 Å². The van der Waals surface area contributed by atoms with Crippen molar-refractivity contribution in [2.75, 3.05) is 4.90 Å². The standard InChI is InChI=1S/C48H37N.C26H22/c1-32-21-27-40(38-16-8-7-15-37(32)38)41-28-30-47(43-19-10-9-17-39(41)43)49(35-24-22-34(23-25-35)33-13-5-4-6-14-33)36-26-29-46-44(31-36)42-18-11-12-20-45(42)48(46,2)3;1-19-16-17-23(21-11-5-3-6-12-21)18-25(19)26-20(2)10-9-15-24(26)22-13-7-4-8-14-22/h4-31H,1-3H3;3-18H,1-2H3. The van der Waals surface area contributed by atoms with Crippen LogP contribution in [0.1, 0.15) is 41.7 Å². The van der Waals surface area contributed by atoms with Crippen LogP contribution in [0, 0.1) is 20.8 Å². The minimum absolute atomic E-state index is 0.0439. The number of hydrogen-bond donors (Lipinski definition) is 0. The lowest BCUT2D eigenvalue weighted by atomic mass is 9.82. The Hall–Kier alpha value is -9.04. The zero-order valence-corrected chi connectivity index (χ0v) is 43.4. The molecule has 1 aliphatic carbocycles. The first-order valence-corrected chi connectivity index (χ1v) is 26.2. The first-order valence-electron chi connectivity index (χ1n) is 26.2. The van der Waals surface area contributed by atoms with Crippen LogP contribution in [0.15, 0.2) is 267 Å². The van der Waals surface area contributed by atoms with E-state index < -0.39 is 0 Å². The summed E-state index contributed by atoms with van der Waals surface area (Å²) >= 11 is 0. The lowest BCUT2D eigenvalue weighted by Crippen LogP contribution is -2.15. The molecule has 12 aromatic carbocycles. The lowest BCUT2D eigenvalue weighted by molar-refractivity contribution is 0.660. The van der Waals surface area contributed by atoms with Crippen molar-refractivity contribution in [3.05, 3.63) is 295 Å². The van der Waals surface area contributed by atoms with Gasteiger partial charge in [-0.2, -0.15) is 0 Å². The topological polar surface area (TPSA) is 3.24 Å². The molecule has 0 saturated carbocycles. The molecule has 0 aliphatic heterocycles. The van der Waals surface area contributed by atoms with Gasteiger partial charge in [-0.05, 0) is 168 Å². The Labute approximate surface area is 442 Å². The summed E-state index contributed by atoms with van der Waals surface area (Å²) in [6, 6.07) is 97.1. The molecule has 12 aromatic rings. The molecule has 1 aliphatic rings. The second-order valence-electron chi connectivity index (χ2n) is 20.6. The van der Waals surface area contributed by atoms with Crippen LogP contribution in [0.5, 0.6) is 0 Å². The maximum atomic E-state index is 2.45. The largest absolute Gasteiger partial charge is 0.310 e. The smallest absolute Gasteiger partial charge is 0.0540 e. The SMILES string of the molecule is Cc1ccc(-c2ccc(N(c3ccc(-c4ccccc4)cc3)c3ccc4c(c3)-c3ccccc3C4(C)C)c3ccccc23)c2ccccc12.Cc1ccc(-c2ccccc2)cc1-c1c(C)cccc1-c1ccccc1. The second kappa shape index (κ2) is 19.8. The van der Waals surface area contributed by atoms with Crippen molar-refractivity contribution in [2.45, 2.75) is 40.0 Å². The third kappa shape index (κ3) is 8.71. The molecule has 0 saturated heterocycles. The van der Waals surface area contributed by atoms with E-state index in [1.54, 1.807) is 0 Å². The van der Waals surface area contributed by atoms with E-state index in [1.165, 1.54) is 116 Å². The third-order valence-electron chi connectivity index (χ3n) is 15.6. The number of hydrogen-bond acceptors (Lipinski definition) is 1. The molecule has 0 unspecified atom stereocenters. The highest BCUT2D eigenvalue weighted by molar-refractivity contribution is 6.11. The normalized spacial score (nSPS) is 12.2. The van der Waals surface area contributed by atoms with Crippen LogP contribution in [0.3, 0.4) is 0 Å². The molecule has 0 radical (unpaired) electrons. The molecule has 0 atom stereocenters.